The summed E-state index contributed by atoms with van der Waals surface area (Å²) in [5, 5.41) is 5.58. The normalized spacial score (nSPS) is 13.0. The summed E-state index contributed by atoms with van der Waals surface area (Å²) >= 11 is 0. The Morgan fingerprint density at radius 3 is 2.03 bits per heavy atom. The summed E-state index contributed by atoms with van der Waals surface area (Å²) in [5.74, 6) is -0.744. The monoisotopic (exact) mass is 467 g/mol. The first-order valence-corrected chi connectivity index (χ1v) is 11.4. The van der Waals surface area contributed by atoms with E-state index in [2.05, 4.69) is 10.6 Å². The van der Waals surface area contributed by atoms with E-state index >= 15 is 0 Å². The number of hydrogen-bond donors (Lipinski definition) is 2. The fourth-order valence-electron chi connectivity index (χ4n) is 3.67. The molecule has 2 aromatic carbocycles. The van der Waals surface area contributed by atoms with Crippen LogP contribution in [-0.2, 0) is 14.3 Å². The maximum Gasteiger partial charge on any atom is 0.408 e. The molecule has 0 spiro atoms. The Bertz CT molecular complexity index is 1050. The largest absolute Gasteiger partial charge is 0.444 e. The average Bonchev–Trinajstić information content (AvgIpc) is 2.71. The number of nitrogens with one attached hydrogen (secondary N) is 2. The van der Waals surface area contributed by atoms with E-state index < -0.39 is 29.7 Å². The predicted octanol–water partition coefficient (Wildman–Crippen LogP) is 4.97. The van der Waals surface area contributed by atoms with Gasteiger partial charge in [-0.15, -0.1) is 0 Å². The Morgan fingerprint density at radius 2 is 1.50 bits per heavy atom. The van der Waals surface area contributed by atoms with Crippen molar-refractivity contribution < 1.29 is 19.1 Å². The van der Waals surface area contributed by atoms with Crippen LogP contribution in [0.1, 0.15) is 61.6 Å². The number of hydrogen-bond acceptors (Lipinski definition) is 4. The summed E-state index contributed by atoms with van der Waals surface area (Å²) in [5.41, 5.74) is 4.69. The van der Waals surface area contributed by atoms with Gasteiger partial charge in [0.25, 0.3) is 5.91 Å². The third kappa shape index (κ3) is 6.83. The summed E-state index contributed by atoms with van der Waals surface area (Å²) in [6.45, 7) is 14.6. The first kappa shape index (κ1) is 26.9. The Labute approximate surface area is 202 Å². The Balaban J connectivity index is 2.36. The van der Waals surface area contributed by atoms with Gasteiger partial charge in [-0.1, -0.05) is 36.4 Å². The summed E-state index contributed by atoms with van der Waals surface area (Å²) in [6.07, 6.45) is -0.690. The zero-order valence-electron chi connectivity index (χ0n) is 21.7. The summed E-state index contributed by atoms with van der Waals surface area (Å²) < 4.78 is 5.27. The first-order valence-electron chi connectivity index (χ1n) is 11.4. The van der Waals surface area contributed by atoms with E-state index in [0.717, 1.165) is 27.9 Å². The lowest BCUT2D eigenvalue weighted by Gasteiger charge is -2.31. The third-order valence-corrected chi connectivity index (χ3v) is 5.66. The number of alkyl carbamates (subject to hydrolysis) is 1. The van der Waals surface area contributed by atoms with Crippen molar-refractivity contribution in [2.75, 3.05) is 12.4 Å². The number of amides is 3. The van der Waals surface area contributed by atoms with Gasteiger partial charge in [-0.05, 0) is 83.2 Å². The van der Waals surface area contributed by atoms with Crippen molar-refractivity contribution in [1.82, 2.24) is 10.2 Å². The topological polar surface area (TPSA) is 87.7 Å². The second kappa shape index (κ2) is 10.7. The van der Waals surface area contributed by atoms with Crippen molar-refractivity contribution in [3.63, 3.8) is 0 Å². The molecule has 0 saturated carbocycles. The number of nitrogens with zero attached hydrogens (tertiary/aromatic N) is 1. The van der Waals surface area contributed by atoms with Crippen LogP contribution in [0.2, 0.25) is 0 Å². The predicted molar refractivity (Wildman–Crippen MR) is 135 cm³/mol. The van der Waals surface area contributed by atoms with Crippen molar-refractivity contribution in [3.05, 3.63) is 64.2 Å². The number of aryl methyl sites for hydroxylation is 4. The van der Waals surface area contributed by atoms with Crippen LogP contribution in [0.4, 0.5) is 10.5 Å². The Kier molecular flexibility index (Phi) is 8.48. The molecule has 7 heteroatoms. The first-order chi connectivity index (χ1) is 15.7. The number of anilines is 1. The summed E-state index contributed by atoms with van der Waals surface area (Å²) in [6, 6.07) is 9.71. The molecule has 0 aliphatic rings. The molecule has 2 atom stereocenters. The number of ether oxygens (including phenoxy) is 1. The zero-order valence-corrected chi connectivity index (χ0v) is 21.7. The van der Waals surface area contributed by atoms with E-state index in [1.165, 1.54) is 4.90 Å². The maximum atomic E-state index is 13.6. The molecule has 2 unspecified atom stereocenters. The number of para-hydroxylation sites is 1. The molecule has 0 heterocycles. The standard InChI is InChI=1S/C27H37N3O4/c1-16-13-14-21(15-19(16)4)23(24(31)29-22-17(2)11-10-12-18(22)3)30(9)25(32)20(5)28-26(33)34-27(6,7)8/h10-15,20,23H,1-9H3,(H,28,33)(H,29,31). The van der Waals surface area contributed by atoms with Crippen LogP contribution in [0.15, 0.2) is 36.4 Å². The molecule has 34 heavy (non-hydrogen) atoms. The number of likely N-dealkylation sites (N-methyl/N-ethyl adjacent to an activating group) is 1. The molecule has 0 fully saturated rings. The van der Waals surface area contributed by atoms with E-state index in [4.69, 9.17) is 4.74 Å². The van der Waals surface area contributed by atoms with Crippen LogP contribution < -0.4 is 10.6 Å². The highest BCUT2D eigenvalue weighted by molar-refractivity contribution is 5.99. The number of carbonyl (C=O) groups excluding carboxylic acids is 3. The van der Waals surface area contributed by atoms with Gasteiger partial charge in [0.1, 0.15) is 17.7 Å². The van der Waals surface area contributed by atoms with Gasteiger partial charge < -0.3 is 20.3 Å². The lowest BCUT2D eigenvalue weighted by molar-refractivity contribution is -0.138. The molecule has 0 aromatic heterocycles. The van der Waals surface area contributed by atoms with Gasteiger partial charge in [-0.3, -0.25) is 9.59 Å². The van der Waals surface area contributed by atoms with Crippen LogP contribution in [0, 0.1) is 27.7 Å². The minimum Gasteiger partial charge on any atom is -0.444 e. The van der Waals surface area contributed by atoms with Crippen molar-refractivity contribution in [2.24, 2.45) is 0 Å². The van der Waals surface area contributed by atoms with E-state index in [-0.39, 0.29) is 5.91 Å². The molecule has 0 aliphatic carbocycles. The molecule has 7 nitrogen and oxygen atoms in total. The molecule has 184 valence electrons. The van der Waals surface area contributed by atoms with Gasteiger partial charge in [-0.2, -0.15) is 0 Å². The molecule has 0 bridgehead atoms. The molecule has 0 aliphatic heterocycles. The second-order valence-corrected chi connectivity index (χ2v) is 9.82. The highest BCUT2D eigenvalue weighted by Crippen LogP contribution is 2.27. The van der Waals surface area contributed by atoms with E-state index in [1.54, 1.807) is 34.7 Å². The quantitative estimate of drug-likeness (QED) is 0.628. The Morgan fingerprint density at radius 1 is 0.912 bits per heavy atom. The van der Waals surface area contributed by atoms with Gasteiger partial charge in [0, 0.05) is 12.7 Å². The van der Waals surface area contributed by atoms with Crippen LogP contribution >= 0.6 is 0 Å². The minimum atomic E-state index is -0.895. The average molecular weight is 468 g/mol. The highest BCUT2D eigenvalue weighted by Gasteiger charge is 2.33. The van der Waals surface area contributed by atoms with Crippen molar-refractivity contribution >= 4 is 23.6 Å². The van der Waals surface area contributed by atoms with Crippen molar-refractivity contribution in [3.8, 4) is 0 Å². The summed E-state index contributed by atoms with van der Waals surface area (Å²) in [7, 11) is 1.57. The van der Waals surface area contributed by atoms with E-state index in [1.807, 2.05) is 64.1 Å². The molecule has 0 saturated heterocycles. The Hall–Kier alpha value is -3.35. The smallest absolute Gasteiger partial charge is 0.408 e. The zero-order chi connectivity index (χ0) is 25.8. The molecule has 2 rings (SSSR count). The lowest BCUT2D eigenvalue weighted by Crippen LogP contribution is -2.49. The van der Waals surface area contributed by atoms with Gasteiger partial charge in [0.2, 0.25) is 5.91 Å². The van der Waals surface area contributed by atoms with E-state index in [9.17, 15) is 14.4 Å². The van der Waals surface area contributed by atoms with Crippen molar-refractivity contribution in [2.45, 2.75) is 73.1 Å². The maximum absolute atomic E-state index is 13.6. The minimum absolute atomic E-state index is 0.332. The van der Waals surface area contributed by atoms with Crippen LogP contribution in [0.25, 0.3) is 0 Å². The van der Waals surface area contributed by atoms with E-state index in [0.29, 0.717) is 5.56 Å². The number of rotatable bonds is 6. The molecule has 2 N–H and O–H groups in total. The third-order valence-electron chi connectivity index (χ3n) is 5.66. The fourth-order valence-corrected chi connectivity index (χ4v) is 3.67. The van der Waals surface area contributed by atoms with Crippen molar-refractivity contribution in [1.29, 1.82) is 0 Å². The summed E-state index contributed by atoms with van der Waals surface area (Å²) in [4.78, 5) is 40.4. The SMILES string of the molecule is Cc1ccc(C(C(=O)Nc2c(C)cccc2C)N(C)C(=O)C(C)NC(=O)OC(C)(C)C)cc1C. The van der Waals surface area contributed by atoms with Crippen LogP contribution in [0.3, 0.4) is 0 Å². The molecular weight excluding hydrogens is 430 g/mol. The highest BCUT2D eigenvalue weighted by atomic mass is 16.6. The molecule has 2 aromatic rings. The number of benzene rings is 2. The van der Waals surface area contributed by atoms with Gasteiger partial charge >= 0.3 is 6.09 Å². The van der Waals surface area contributed by atoms with Gasteiger partial charge in [-0.25, -0.2) is 4.79 Å². The number of carbonyl (C=O) groups is 3. The van der Waals surface area contributed by atoms with Gasteiger partial charge in [0.05, 0.1) is 0 Å². The molecular formula is C27H37N3O4. The second-order valence-electron chi connectivity index (χ2n) is 9.82. The van der Waals surface area contributed by atoms with Crippen LogP contribution in [0.5, 0.6) is 0 Å². The van der Waals surface area contributed by atoms with Gasteiger partial charge in [0.15, 0.2) is 0 Å². The molecule has 0 radical (unpaired) electrons. The molecule has 3 amide bonds. The van der Waals surface area contributed by atoms with Crippen LogP contribution in [-0.4, -0.2) is 41.5 Å². The lowest BCUT2D eigenvalue weighted by atomic mass is 9.98. The fraction of sp³-hybridized carbons (Fsp3) is 0.444.